The van der Waals surface area contributed by atoms with E-state index >= 15 is 0 Å². The molecule has 0 bridgehead atoms. The van der Waals surface area contributed by atoms with Crippen molar-refractivity contribution in [2.24, 2.45) is 0 Å². The monoisotopic (exact) mass is 365 g/mol. The van der Waals surface area contributed by atoms with Crippen molar-refractivity contribution in [2.75, 3.05) is 5.32 Å². The molecule has 3 N–H and O–H groups in total. The van der Waals surface area contributed by atoms with E-state index in [1.54, 1.807) is 23.6 Å². The van der Waals surface area contributed by atoms with Crippen molar-refractivity contribution < 1.29 is 27.6 Å². The third-order valence-electron chi connectivity index (χ3n) is 3.23. The number of amides is 3. The Morgan fingerprint density at radius 2 is 1.50 bits per heavy atom. The van der Waals surface area contributed by atoms with Gasteiger partial charge < -0.3 is 5.32 Å². The van der Waals surface area contributed by atoms with Gasteiger partial charge in [-0.25, -0.2) is 0 Å². The number of rotatable bonds is 3. The molecular weight excluding hydrogens is 351 g/mol. The van der Waals surface area contributed by atoms with Crippen LogP contribution in [-0.2, 0) is 4.79 Å². The second kappa shape index (κ2) is 7.68. The molecule has 136 valence electrons. The Kier molecular flexibility index (Phi) is 5.61. The summed E-state index contributed by atoms with van der Waals surface area (Å²) in [6.45, 7) is 1.85. The molecule has 0 aliphatic heterocycles. The average Bonchev–Trinajstić information content (AvgIpc) is 2.59. The minimum atomic E-state index is -5.10. The van der Waals surface area contributed by atoms with Crippen LogP contribution in [0.1, 0.15) is 26.3 Å². The predicted molar refractivity (Wildman–Crippen MR) is 87.2 cm³/mol. The van der Waals surface area contributed by atoms with E-state index in [4.69, 9.17) is 0 Å². The van der Waals surface area contributed by atoms with Crippen LogP contribution in [0.2, 0.25) is 0 Å². The SMILES string of the molecule is Cc1cccc(C(=O)Nc2ccc(C(=O)NNC(=O)C(F)(F)F)cc2)c1. The largest absolute Gasteiger partial charge is 0.472 e. The van der Waals surface area contributed by atoms with E-state index in [2.05, 4.69) is 5.32 Å². The molecule has 0 heterocycles. The number of carbonyl (C=O) groups is 3. The molecule has 26 heavy (non-hydrogen) atoms. The summed E-state index contributed by atoms with van der Waals surface area (Å²) in [6.07, 6.45) is -5.10. The van der Waals surface area contributed by atoms with E-state index < -0.39 is 18.0 Å². The fourth-order valence-electron chi connectivity index (χ4n) is 1.95. The first kappa shape index (κ1) is 19.0. The summed E-state index contributed by atoms with van der Waals surface area (Å²) in [5.74, 6) is -3.56. The molecule has 0 aliphatic carbocycles. The van der Waals surface area contributed by atoms with E-state index in [9.17, 15) is 27.6 Å². The summed E-state index contributed by atoms with van der Waals surface area (Å²) in [6, 6.07) is 12.4. The number of carbonyl (C=O) groups excluding carboxylic acids is 3. The number of hydrogen-bond donors (Lipinski definition) is 3. The van der Waals surface area contributed by atoms with Gasteiger partial charge in [0.25, 0.3) is 11.8 Å². The number of nitrogens with one attached hydrogen (secondary N) is 3. The fourth-order valence-corrected chi connectivity index (χ4v) is 1.95. The Hall–Kier alpha value is -3.36. The Morgan fingerprint density at radius 1 is 0.846 bits per heavy atom. The topological polar surface area (TPSA) is 87.3 Å². The number of aryl methyl sites for hydroxylation is 1. The molecule has 0 saturated carbocycles. The number of alkyl halides is 3. The van der Waals surface area contributed by atoms with Crippen LogP contribution >= 0.6 is 0 Å². The van der Waals surface area contributed by atoms with Crippen molar-refractivity contribution in [1.29, 1.82) is 0 Å². The van der Waals surface area contributed by atoms with Gasteiger partial charge in [-0.05, 0) is 43.3 Å². The molecule has 0 aromatic heterocycles. The van der Waals surface area contributed by atoms with Gasteiger partial charge in [-0.2, -0.15) is 13.2 Å². The number of hydrogen-bond acceptors (Lipinski definition) is 3. The summed E-state index contributed by atoms with van der Waals surface area (Å²) >= 11 is 0. The van der Waals surface area contributed by atoms with Crippen molar-refractivity contribution in [1.82, 2.24) is 10.9 Å². The Bertz CT molecular complexity index is 833. The minimum Gasteiger partial charge on any atom is -0.322 e. The highest BCUT2D eigenvalue weighted by molar-refractivity contribution is 6.04. The Balaban J connectivity index is 1.96. The molecule has 2 aromatic rings. The first-order chi connectivity index (χ1) is 12.2. The van der Waals surface area contributed by atoms with Crippen molar-refractivity contribution in [3.05, 3.63) is 65.2 Å². The van der Waals surface area contributed by atoms with Crippen molar-refractivity contribution >= 4 is 23.4 Å². The molecule has 3 amide bonds. The van der Waals surface area contributed by atoms with Gasteiger partial charge >= 0.3 is 12.1 Å². The summed E-state index contributed by atoms with van der Waals surface area (Å²) < 4.78 is 36.1. The quantitative estimate of drug-likeness (QED) is 0.731. The van der Waals surface area contributed by atoms with Gasteiger partial charge in [-0.15, -0.1) is 0 Å². The van der Waals surface area contributed by atoms with Gasteiger partial charge in [0.05, 0.1) is 0 Å². The second-order valence-electron chi connectivity index (χ2n) is 5.31. The maximum Gasteiger partial charge on any atom is 0.472 e. The zero-order chi connectivity index (χ0) is 19.3. The van der Waals surface area contributed by atoms with Crippen LogP contribution in [0.3, 0.4) is 0 Å². The van der Waals surface area contributed by atoms with Crippen LogP contribution in [-0.4, -0.2) is 23.9 Å². The lowest BCUT2D eigenvalue weighted by Gasteiger charge is -2.10. The minimum absolute atomic E-state index is 0.000953. The van der Waals surface area contributed by atoms with E-state index in [0.29, 0.717) is 11.3 Å². The molecule has 0 aliphatic rings. The number of hydrazine groups is 1. The van der Waals surface area contributed by atoms with Gasteiger partial charge in [0, 0.05) is 16.8 Å². The van der Waals surface area contributed by atoms with E-state index in [0.717, 1.165) is 5.56 Å². The van der Waals surface area contributed by atoms with E-state index in [1.807, 2.05) is 13.0 Å². The lowest BCUT2D eigenvalue weighted by atomic mass is 10.1. The van der Waals surface area contributed by atoms with Gasteiger partial charge in [-0.1, -0.05) is 17.7 Å². The molecule has 0 saturated heterocycles. The molecule has 0 spiro atoms. The van der Waals surface area contributed by atoms with Crippen LogP contribution in [0.4, 0.5) is 18.9 Å². The molecule has 0 unspecified atom stereocenters. The van der Waals surface area contributed by atoms with Crippen molar-refractivity contribution in [3.63, 3.8) is 0 Å². The normalized spacial score (nSPS) is 10.8. The molecule has 0 radical (unpaired) electrons. The third-order valence-corrected chi connectivity index (χ3v) is 3.23. The first-order valence-electron chi connectivity index (χ1n) is 7.32. The predicted octanol–water partition coefficient (Wildman–Crippen LogP) is 2.57. The Labute approximate surface area is 146 Å². The molecular formula is C17H14F3N3O3. The van der Waals surface area contributed by atoms with E-state index in [1.165, 1.54) is 29.7 Å². The molecule has 0 fully saturated rings. The standard InChI is InChI=1S/C17H14F3N3O3/c1-10-3-2-4-12(9-10)14(24)21-13-7-5-11(6-8-13)15(25)22-23-16(26)17(18,19)20/h2-9H,1H3,(H,21,24)(H,22,25)(H,23,26). The average molecular weight is 365 g/mol. The number of benzene rings is 2. The number of anilines is 1. The zero-order valence-electron chi connectivity index (χ0n) is 13.5. The van der Waals surface area contributed by atoms with Gasteiger partial charge in [0.1, 0.15) is 0 Å². The van der Waals surface area contributed by atoms with Crippen LogP contribution in [0.15, 0.2) is 48.5 Å². The lowest BCUT2D eigenvalue weighted by molar-refractivity contribution is -0.174. The maximum absolute atomic E-state index is 12.1. The highest BCUT2D eigenvalue weighted by Gasteiger charge is 2.38. The molecule has 2 rings (SSSR count). The second-order valence-corrected chi connectivity index (χ2v) is 5.31. The van der Waals surface area contributed by atoms with Gasteiger partial charge in [0.2, 0.25) is 0 Å². The number of halogens is 3. The van der Waals surface area contributed by atoms with Gasteiger partial charge in [0.15, 0.2) is 0 Å². The van der Waals surface area contributed by atoms with Crippen LogP contribution in [0, 0.1) is 6.92 Å². The highest BCUT2D eigenvalue weighted by Crippen LogP contribution is 2.14. The molecule has 0 atom stereocenters. The first-order valence-corrected chi connectivity index (χ1v) is 7.32. The van der Waals surface area contributed by atoms with Crippen molar-refractivity contribution in [2.45, 2.75) is 13.1 Å². The zero-order valence-corrected chi connectivity index (χ0v) is 13.5. The molecule has 2 aromatic carbocycles. The van der Waals surface area contributed by atoms with E-state index in [-0.39, 0.29) is 11.5 Å². The highest BCUT2D eigenvalue weighted by atomic mass is 19.4. The molecule has 6 nitrogen and oxygen atoms in total. The maximum atomic E-state index is 12.1. The summed E-state index contributed by atoms with van der Waals surface area (Å²) in [4.78, 5) is 34.4. The summed E-state index contributed by atoms with van der Waals surface area (Å²) in [5.41, 5.74) is 4.69. The smallest absolute Gasteiger partial charge is 0.322 e. The Morgan fingerprint density at radius 3 is 2.08 bits per heavy atom. The van der Waals surface area contributed by atoms with Crippen LogP contribution in [0.5, 0.6) is 0 Å². The van der Waals surface area contributed by atoms with Crippen LogP contribution in [0.25, 0.3) is 0 Å². The van der Waals surface area contributed by atoms with Gasteiger partial charge in [-0.3, -0.25) is 25.2 Å². The van der Waals surface area contributed by atoms with Crippen molar-refractivity contribution in [3.8, 4) is 0 Å². The molecule has 9 heteroatoms. The fraction of sp³-hybridized carbons (Fsp3) is 0.118. The lowest BCUT2D eigenvalue weighted by Crippen LogP contribution is -2.47. The van der Waals surface area contributed by atoms with Crippen LogP contribution < -0.4 is 16.2 Å². The summed E-state index contributed by atoms with van der Waals surface area (Å²) in [5, 5.41) is 2.63. The third kappa shape index (κ3) is 5.07. The summed E-state index contributed by atoms with van der Waals surface area (Å²) in [7, 11) is 0.